The van der Waals surface area contributed by atoms with E-state index in [1.54, 1.807) is 0 Å². The molecule has 0 saturated heterocycles. The van der Waals surface area contributed by atoms with E-state index in [2.05, 4.69) is 168 Å². The second-order valence-electron chi connectivity index (χ2n) is 13.1. The molecule has 3 heterocycles. The third-order valence-corrected chi connectivity index (χ3v) is 11.0. The standard InChI is InChI=1S/C38H49N3O2P2/c1-25(2)31-23-33(27(5)6)37(42-44-39-17-11-12-18-39)35(29(31)9)36-30(10)32(26(3)4)24-34(28(7)8)38(36)43-45(40-19-13-14-20-40)41-21-15-16-22-41/h11-28,44H,1-10H3. The van der Waals surface area contributed by atoms with Crippen LogP contribution in [0.25, 0.3) is 11.1 Å². The maximum Gasteiger partial charge on any atom is 0.317 e. The van der Waals surface area contributed by atoms with E-state index in [-0.39, 0.29) is 20.8 Å². The van der Waals surface area contributed by atoms with Crippen LogP contribution in [0.5, 0.6) is 11.5 Å². The number of aromatic nitrogens is 3. The van der Waals surface area contributed by atoms with Gasteiger partial charge in [-0.15, -0.1) is 0 Å². The Bertz CT molecular complexity index is 1670. The molecule has 0 radical (unpaired) electrons. The van der Waals surface area contributed by atoms with E-state index >= 15 is 0 Å². The first-order valence-corrected chi connectivity index (χ1v) is 18.2. The van der Waals surface area contributed by atoms with Gasteiger partial charge in [0.25, 0.3) is 0 Å². The average molecular weight is 642 g/mol. The molecule has 0 saturated carbocycles. The highest BCUT2D eigenvalue weighted by Gasteiger charge is 2.31. The molecule has 5 aromatic rings. The van der Waals surface area contributed by atoms with Gasteiger partial charge in [-0.25, -0.2) is 0 Å². The Kier molecular flexibility index (Phi) is 10.3. The highest BCUT2D eigenvalue weighted by atomic mass is 31.2. The van der Waals surface area contributed by atoms with Crippen molar-refractivity contribution in [2.75, 3.05) is 0 Å². The molecule has 0 amide bonds. The monoisotopic (exact) mass is 641 g/mol. The van der Waals surface area contributed by atoms with Gasteiger partial charge in [0.15, 0.2) is 8.96 Å². The summed E-state index contributed by atoms with van der Waals surface area (Å²) in [6.45, 7) is 22.8. The van der Waals surface area contributed by atoms with Crippen LogP contribution in [0.4, 0.5) is 0 Å². The molecule has 0 bridgehead atoms. The van der Waals surface area contributed by atoms with Gasteiger partial charge in [-0.05, 0) is 107 Å². The molecule has 45 heavy (non-hydrogen) atoms. The van der Waals surface area contributed by atoms with Crippen LogP contribution >= 0.6 is 17.4 Å². The summed E-state index contributed by atoms with van der Waals surface area (Å²) in [6.07, 6.45) is 12.5. The first-order valence-electron chi connectivity index (χ1n) is 16.1. The van der Waals surface area contributed by atoms with Crippen LogP contribution in [0.3, 0.4) is 0 Å². The van der Waals surface area contributed by atoms with Gasteiger partial charge >= 0.3 is 8.45 Å². The molecule has 0 fully saturated rings. The van der Waals surface area contributed by atoms with Crippen molar-refractivity contribution in [3.05, 3.63) is 119 Å². The summed E-state index contributed by atoms with van der Waals surface area (Å²) < 4.78 is 20.8. The Labute approximate surface area is 273 Å². The summed E-state index contributed by atoms with van der Waals surface area (Å²) in [4.78, 5) is 0. The molecule has 5 rings (SSSR count). The number of nitrogens with zero attached hydrogens (tertiary/aromatic N) is 3. The summed E-state index contributed by atoms with van der Waals surface area (Å²) in [5.41, 5.74) is 10.0. The van der Waals surface area contributed by atoms with E-state index in [9.17, 15) is 0 Å². The van der Waals surface area contributed by atoms with Crippen LogP contribution in [0.15, 0.2) is 85.7 Å². The topological polar surface area (TPSA) is 33.2 Å². The van der Waals surface area contributed by atoms with Crippen LogP contribution < -0.4 is 9.05 Å². The molecule has 0 aliphatic heterocycles. The molecule has 3 aromatic heterocycles. The molecular weight excluding hydrogens is 592 g/mol. The number of benzene rings is 2. The predicted molar refractivity (Wildman–Crippen MR) is 194 cm³/mol. The smallest absolute Gasteiger partial charge is 0.317 e. The van der Waals surface area contributed by atoms with Crippen molar-refractivity contribution < 1.29 is 9.05 Å². The summed E-state index contributed by atoms with van der Waals surface area (Å²) >= 11 is 0. The van der Waals surface area contributed by atoms with Crippen molar-refractivity contribution in [3.8, 4) is 22.6 Å². The normalized spacial score (nSPS) is 12.2. The Morgan fingerprint density at radius 2 is 0.911 bits per heavy atom. The number of rotatable bonds is 12. The maximum absolute atomic E-state index is 7.39. The van der Waals surface area contributed by atoms with E-state index in [1.165, 1.54) is 33.4 Å². The third kappa shape index (κ3) is 6.81. The summed E-state index contributed by atoms with van der Waals surface area (Å²) in [6, 6.07) is 17.2. The minimum Gasteiger partial charge on any atom is -0.454 e. The van der Waals surface area contributed by atoms with Crippen LogP contribution in [0.1, 0.15) is 112 Å². The van der Waals surface area contributed by atoms with E-state index in [1.807, 2.05) is 0 Å². The van der Waals surface area contributed by atoms with E-state index in [0.717, 1.165) is 22.6 Å². The molecule has 0 spiro atoms. The minimum absolute atomic E-state index is 0.134. The molecule has 5 nitrogen and oxygen atoms in total. The van der Waals surface area contributed by atoms with Crippen molar-refractivity contribution in [1.82, 2.24) is 13.0 Å². The number of hydrogen-bond acceptors (Lipinski definition) is 2. The SMILES string of the molecule is Cc1c(C(C)C)cc(C(C)C)c(OPn2cccc2)c1-c1c(C)c(C(C)C)cc(C(C)C)c1OP(n1cccc1)n1cccc1. The lowest BCUT2D eigenvalue weighted by Gasteiger charge is -2.30. The van der Waals surface area contributed by atoms with Crippen LogP contribution in [-0.4, -0.2) is 13.0 Å². The number of hydrogen-bond donors (Lipinski definition) is 0. The first kappa shape index (κ1) is 33.1. The Morgan fingerprint density at radius 3 is 1.33 bits per heavy atom. The largest absolute Gasteiger partial charge is 0.454 e. The minimum atomic E-state index is -1.24. The third-order valence-electron chi connectivity index (χ3n) is 8.56. The average Bonchev–Trinajstić information content (AvgIpc) is 3.79. The van der Waals surface area contributed by atoms with Crippen molar-refractivity contribution >= 4 is 17.4 Å². The maximum atomic E-state index is 7.39. The van der Waals surface area contributed by atoms with Crippen LogP contribution in [-0.2, 0) is 0 Å². The lowest BCUT2D eigenvalue weighted by molar-refractivity contribution is 0.574. The highest BCUT2D eigenvalue weighted by molar-refractivity contribution is 7.49. The lowest BCUT2D eigenvalue weighted by atomic mass is 9.80. The fourth-order valence-corrected chi connectivity index (χ4v) is 8.40. The summed E-state index contributed by atoms with van der Waals surface area (Å²) in [5.74, 6) is 3.18. The van der Waals surface area contributed by atoms with Gasteiger partial charge in [-0.2, -0.15) is 0 Å². The van der Waals surface area contributed by atoms with Gasteiger partial charge in [0.2, 0.25) is 0 Å². The summed E-state index contributed by atoms with van der Waals surface area (Å²) in [5, 5.41) is 0. The van der Waals surface area contributed by atoms with Gasteiger partial charge in [-0.1, -0.05) is 67.5 Å². The van der Waals surface area contributed by atoms with Gasteiger partial charge in [0.05, 0.1) is 0 Å². The molecule has 2 aromatic carbocycles. The van der Waals surface area contributed by atoms with Gasteiger partial charge in [-0.3, -0.25) is 8.68 Å². The van der Waals surface area contributed by atoms with Gasteiger partial charge in [0.1, 0.15) is 11.5 Å². The van der Waals surface area contributed by atoms with Crippen LogP contribution in [0.2, 0.25) is 0 Å². The second kappa shape index (κ2) is 14.0. The zero-order valence-corrected chi connectivity index (χ0v) is 30.4. The van der Waals surface area contributed by atoms with Crippen molar-refractivity contribution in [2.45, 2.75) is 92.9 Å². The molecule has 1 atom stereocenters. The van der Waals surface area contributed by atoms with E-state index in [0.29, 0.717) is 11.8 Å². The molecular formula is C38H49N3O2P2. The molecule has 7 heteroatoms. The van der Waals surface area contributed by atoms with Gasteiger partial charge in [0, 0.05) is 48.3 Å². The predicted octanol–water partition coefficient (Wildman–Crippen LogP) is 12.0. The lowest BCUT2D eigenvalue weighted by Crippen LogP contribution is -2.11. The Balaban J connectivity index is 1.88. The van der Waals surface area contributed by atoms with E-state index in [4.69, 9.17) is 9.05 Å². The molecule has 1 unspecified atom stereocenters. The molecule has 238 valence electrons. The van der Waals surface area contributed by atoms with Crippen molar-refractivity contribution in [3.63, 3.8) is 0 Å². The quantitative estimate of drug-likeness (QED) is 0.127. The highest BCUT2D eigenvalue weighted by Crippen LogP contribution is 2.55. The molecule has 0 N–H and O–H groups in total. The fraction of sp³-hybridized carbons (Fsp3) is 0.368. The second-order valence-corrected chi connectivity index (χ2v) is 15.7. The summed E-state index contributed by atoms with van der Waals surface area (Å²) in [7, 11) is -1.11. The molecule has 0 aliphatic carbocycles. The molecule has 0 aliphatic rings. The first-order chi connectivity index (χ1) is 21.5. The Hall–Kier alpha value is -3.26. The van der Waals surface area contributed by atoms with Crippen molar-refractivity contribution in [1.29, 1.82) is 0 Å². The van der Waals surface area contributed by atoms with Crippen molar-refractivity contribution in [2.24, 2.45) is 0 Å². The fourth-order valence-electron chi connectivity index (χ4n) is 6.14. The van der Waals surface area contributed by atoms with Gasteiger partial charge < -0.3 is 13.4 Å². The van der Waals surface area contributed by atoms with Crippen LogP contribution in [0, 0.1) is 13.8 Å². The zero-order chi connectivity index (χ0) is 32.4. The van der Waals surface area contributed by atoms with E-state index < -0.39 is 8.45 Å². The zero-order valence-electron chi connectivity index (χ0n) is 28.5. The Morgan fingerprint density at radius 1 is 0.533 bits per heavy atom.